The lowest BCUT2D eigenvalue weighted by Gasteiger charge is -2.16. The van der Waals surface area contributed by atoms with Gasteiger partial charge >= 0.3 is 0 Å². The lowest BCUT2D eigenvalue weighted by molar-refractivity contribution is 0.301. The van der Waals surface area contributed by atoms with Crippen molar-refractivity contribution in [1.29, 1.82) is 0 Å². The van der Waals surface area contributed by atoms with E-state index in [0.29, 0.717) is 23.2 Å². The van der Waals surface area contributed by atoms with Gasteiger partial charge in [0.15, 0.2) is 0 Å². The number of para-hydroxylation sites is 1. The Balaban J connectivity index is 1.44. The highest BCUT2D eigenvalue weighted by atomic mass is 79.9. The molecule has 0 spiro atoms. The van der Waals surface area contributed by atoms with Crippen LogP contribution in [0.25, 0.3) is 0 Å². The highest BCUT2D eigenvalue weighted by Crippen LogP contribution is 2.35. The first-order valence-electron chi connectivity index (χ1n) is 10.1. The highest BCUT2D eigenvalue weighted by molar-refractivity contribution is 9.11. The minimum Gasteiger partial charge on any atom is -0.487 e. The Morgan fingerprint density at radius 3 is 2.21 bits per heavy atom. The zero-order valence-corrected chi connectivity index (χ0v) is 22.0. The molecule has 4 aromatic rings. The number of rotatable bonds is 8. The molecule has 33 heavy (non-hydrogen) atoms. The van der Waals surface area contributed by atoms with Crippen LogP contribution < -0.4 is 14.8 Å². The Kier molecular flexibility index (Phi) is 8.20. The molecule has 4 aromatic carbocycles. The molecule has 0 bridgehead atoms. The van der Waals surface area contributed by atoms with Gasteiger partial charge in [-0.2, -0.15) is 0 Å². The van der Waals surface area contributed by atoms with Gasteiger partial charge in [0, 0.05) is 37.9 Å². The summed E-state index contributed by atoms with van der Waals surface area (Å²) in [5, 5.41) is 4.62. The smallest absolute Gasteiger partial charge is 0.139 e. The van der Waals surface area contributed by atoms with Crippen LogP contribution in [-0.2, 0) is 13.2 Å². The SMILES string of the molecule is Clc1ccc(COc2c(Br)cc(Br)cc2CNc2ccc(Oc3ccccc3)cc2)c(Cl)c1. The van der Waals surface area contributed by atoms with Crippen molar-refractivity contribution in [3.8, 4) is 17.2 Å². The molecular weight excluding hydrogens is 589 g/mol. The van der Waals surface area contributed by atoms with E-state index in [1.54, 1.807) is 12.1 Å². The second-order valence-electron chi connectivity index (χ2n) is 7.19. The van der Waals surface area contributed by atoms with Gasteiger partial charge in [0.25, 0.3) is 0 Å². The van der Waals surface area contributed by atoms with Gasteiger partial charge in [-0.25, -0.2) is 0 Å². The Labute approximate surface area is 219 Å². The maximum atomic E-state index is 6.30. The summed E-state index contributed by atoms with van der Waals surface area (Å²) in [6.45, 7) is 0.898. The van der Waals surface area contributed by atoms with Crippen LogP contribution in [0.2, 0.25) is 10.0 Å². The van der Waals surface area contributed by atoms with Crippen LogP contribution in [0, 0.1) is 0 Å². The fourth-order valence-electron chi connectivity index (χ4n) is 3.16. The maximum absolute atomic E-state index is 6.30. The summed E-state index contributed by atoms with van der Waals surface area (Å²) < 4.78 is 13.8. The van der Waals surface area contributed by atoms with Crippen LogP contribution in [-0.4, -0.2) is 0 Å². The van der Waals surface area contributed by atoms with Gasteiger partial charge in [-0.15, -0.1) is 0 Å². The molecule has 1 N–H and O–H groups in total. The Morgan fingerprint density at radius 2 is 1.48 bits per heavy atom. The first kappa shape index (κ1) is 24.0. The standard InChI is InChI=1S/C26H19Br2Cl2NO2/c27-19-12-18(26(24(28)13-19)32-16-17-6-7-20(29)14-25(17)30)15-31-21-8-10-23(11-9-21)33-22-4-2-1-3-5-22/h1-14,31H,15-16H2. The fourth-order valence-corrected chi connectivity index (χ4v) is 5.05. The zero-order chi connectivity index (χ0) is 23.2. The van der Waals surface area contributed by atoms with E-state index in [1.165, 1.54) is 0 Å². The molecule has 0 aliphatic carbocycles. The third kappa shape index (κ3) is 6.67. The van der Waals surface area contributed by atoms with E-state index < -0.39 is 0 Å². The summed E-state index contributed by atoms with van der Waals surface area (Å²) in [6, 6.07) is 26.9. The van der Waals surface area contributed by atoms with E-state index in [9.17, 15) is 0 Å². The maximum Gasteiger partial charge on any atom is 0.139 e. The Hall–Kier alpha value is -2.18. The second kappa shape index (κ2) is 11.3. The predicted molar refractivity (Wildman–Crippen MR) is 143 cm³/mol. The van der Waals surface area contributed by atoms with E-state index in [1.807, 2.05) is 72.8 Å². The molecule has 168 valence electrons. The highest BCUT2D eigenvalue weighted by Gasteiger charge is 2.12. The summed E-state index contributed by atoms with van der Waals surface area (Å²) in [7, 11) is 0. The van der Waals surface area contributed by atoms with Crippen molar-refractivity contribution < 1.29 is 9.47 Å². The molecule has 0 saturated heterocycles. The molecule has 3 nitrogen and oxygen atoms in total. The largest absolute Gasteiger partial charge is 0.487 e. The monoisotopic (exact) mass is 605 g/mol. The van der Waals surface area contributed by atoms with Crippen molar-refractivity contribution in [3.63, 3.8) is 0 Å². The van der Waals surface area contributed by atoms with Crippen molar-refractivity contribution in [2.75, 3.05) is 5.32 Å². The summed E-state index contributed by atoms with van der Waals surface area (Å²) in [6.07, 6.45) is 0. The number of benzene rings is 4. The molecule has 0 unspecified atom stereocenters. The zero-order valence-electron chi connectivity index (χ0n) is 17.3. The summed E-state index contributed by atoms with van der Waals surface area (Å²) in [5.41, 5.74) is 2.83. The van der Waals surface area contributed by atoms with Gasteiger partial charge in [-0.1, -0.05) is 63.4 Å². The van der Waals surface area contributed by atoms with Gasteiger partial charge in [0.2, 0.25) is 0 Å². The van der Waals surface area contributed by atoms with Gasteiger partial charge in [-0.3, -0.25) is 0 Å². The van der Waals surface area contributed by atoms with E-state index in [-0.39, 0.29) is 0 Å². The lowest BCUT2D eigenvalue weighted by atomic mass is 10.2. The van der Waals surface area contributed by atoms with Crippen LogP contribution in [0.4, 0.5) is 5.69 Å². The molecule has 0 aliphatic rings. The third-order valence-electron chi connectivity index (χ3n) is 4.79. The first-order valence-corrected chi connectivity index (χ1v) is 12.4. The predicted octanol–water partition coefficient (Wildman–Crippen LogP) is 9.50. The van der Waals surface area contributed by atoms with Crippen LogP contribution in [0.3, 0.4) is 0 Å². The van der Waals surface area contributed by atoms with E-state index >= 15 is 0 Å². The van der Waals surface area contributed by atoms with Gasteiger partial charge < -0.3 is 14.8 Å². The molecule has 0 aliphatic heterocycles. The van der Waals surface area contributed by atoms with Gasteiger partial charge in [0.1, 0.15) is 23.9 Å². The number of hydrogen-bond acceptors (Lipinski definition) is 3. The fraction of sp³-hybridized carbons (Fsp3) is 0.0769. The topological polar surface area (TPSA) is 30.5 Å². The molecular formula is C26H19Br2Cl2NO2. The van der Waals surface area contributed by atoms with E-state index in [2.05, 4.69) is 37.2 Å². The normalized spacial score (nSPS) is 10.7. The van der Waals surface area contributed by atoms with Crippen molar-refractivity contribution in [3.05, 3.63) is 115 Å². The molecule has 0 atom stereocenters. The Bertz CT molecular complexity index is 1240. The minimum atomic E-state index is 0.328. The van der Waals surface area contributed by atoms with Crippen LogP contribution in [0.1, 0.15) is 11.1 Å². The molecule has 4 rings (SSSR count). The quantitative estimate of drug-likeness (QED) is 0.216. The number of halogens is 4. The van der Waals surface area contributed by atoms with Crippen LogP contribution >= 0.6 is 55.1 Å². The van der Waals surface area contributed by atoms with Gasteiger partial charge in [-0.05, 0) is 76.6 Å². The van der Waals surface area contributed by atoms with E-state index in [0.717, 1.165) is 43.0 Å². The minimum absolute atomic E-state index is 0.328. The van der Waals surface area contributed by atoms with Crippen molar-refractivity contribution in [2.45, 2.75) is 13.2 Å². The second-order valence-corrected chi connectivity index (χ2v) is 9.81. The third-order valence-corrected chi connectivity index (χ3v) is 6.42. The summed E-state index contributed by atoms with van der Waals surface area (Å²) in [4.78, 5) is 0. The first-order chi connectivity index (χ1) is 16.0. The van der Waals surface area contributed by atoms with Crippen LogP contribution in [0.15, 0.2) is 93.9 Å². The number of anilines is 1. The number of ether oxygens (including phenoxy) is 2. The molecule has 0 fully saturated rings. The summed E-state index contributed by atoms with van der Waals surface area (Å²) in [5.74, 6) is 2.33. The molecule has 0 radical (unpaired) electrons. The molecule has 7 heteroatoms. The summed E-state index contributed by atoms with van der Waals surface area (Å²) >= 11 is 19.5. The molecule has 0 saturated carbocycles. The van der Waals surface area contributed by atoms with Crippen LogP contribution in [0.5, 0.6) is 17.2 Å². The number of nitrogens with one attached hydrogen (secondary N) is 1. The van der Waals surface area contributed by atoms with Crippen molar-refractivity contribution >= 4 is 60.7 Å². The molecule has 0 aromatic heterocycles. The van der Waals surface area contributed by atoms with Crippen molar-refractivity contribution in [2.24, 2.45) is 0 Å². The van der Waals surface area contributed by atoms with Crippen molar-refractivity contribution in [1.82, 2.24) is 0 Å². The van der Waals surface area contributed by atoms with E-state index in [4.69, 9.17) is 32.7 Å². The average Bonchev–Trinajstić information content (AvgIpc) is 2.79. The molecule has 0 heterocycles. The average molecular weight is 608 g/mol. The number of hydrogen-bond donors (Lipinski definition) is 1. The molecule has 0 amide bonds. The lowest BCUT2D eigenvalue weighted by Crippen LogP contribution is -2.05. The van der Waals surface area contributed by atoms with Gasteiger partial charge in [0.05, 0.1) is 4.47 Å². The Morgan fingerprint density at radius 1 is 0.758 bits per heavy atom.